The number of aromatic nitrogens is 2. The van der Waals surface area contributed by atoms with Gasteiger partial charge in [-0.2, -0.15) is 4.98 Å². The molecule has 0 saturated heterocycles. The molecule has 0 N–H and O–H groups in total. The van der Waals surface area contributed by atoms with E-state index in [2.05, 4.69) is 4.98 Å². The highest BCUT2D eigenvalue weighted by atomic mass is 16.5. The number of nitrogens with zero attached hydrogens (tertiary/aromatic N) is 2. The van der Waals surface area contributed by atoms with Crippen molar-refractivity contribution in [2.24, 2.45) is 0 Å². The summed E-state index contributed by atoms with van der Waals surface area (Å²) in [5.41, 5.74) is 0.762. The summed E-state index contributed by atoms with van der Waals surface area (Å²) in [7, 11) is 0. The predicted molar refractivity (Wildman–Crippen MR) is 64.4 cm³/mol. The van der Waals surface area contributed by atoms with Crippen molar-refractivity contribution in [3.8, 4) is 0 Å². The minimum atomic E-state index is -0.393. The molecule has 0 fully saturated rings. The first-order chi connectivity index (χ1) is 8.54. The van der Waals surface area contributed by atoms with E-state index in [9.17, 15) is 9.59 Å². The fourth-order valence-electron chi connectivity index (χ4n) is 1.76. The summed E-state index contributed by atoms with van der Waals surface area (Å²) < 4.78 is 11.8. The van der Waals surface area contributed by atoms with Gasteiger partial charge in [0.25, 0.3) is 5.56 Å². The zero-order chi connectivity index (χ0) is 13.3. The summed E-state index contributed by atoms with van der Waals surface area (Å²) in [6.07, 6.45) is 1.30. The van der Waals surface area contributed by atoms with Gasteiger partial charge in [-0.3, -0.25) is 14.2 Å². The number of furan rings is 1. The number of esters is 1. The van der Waals surface area contributed by atoms with Gasteiger partial charge in [-0.05, 0) is 20.8 Å². The monoisotopic (exact) mass is 250 g/mol. The Kier molecular flexibility index (Phi) is 3.18. The number of ether oxygens (including phenoxy) is 1. The lowest BCUT2D eigenvalue weighted by Crippen LogP contribution is -2.17. The van der Waals surface area contributed by atoms with Gasteiger partial charge in [-0.1, -0.05) is 0 Å². The Morgan fingerprint density at radius 1 is 1.50 bits per heavy atom. The van der Waals surface area contributed by atoms with Crippen LogP contribution in [0.25, 0.3) is 11.1 Å². The molecule has 96 valence electrons. The van der Waals surface area contributed by atoms with Crippen LogP contribution in [0.4, 0.5) is 0 Å². The minimum absolute atomic E-state index is 0.0238. The highest BCUT2D eigenvalue weighted by Gasteiger charge is 2.15. The van der Waals surface area contributed by atoms with E-state index in [4.69, 9.17) is 9.15 Å². The lowest BCUT2D eigenvalue weighted by Gasteiger charge is -2.05. The van der Waals surface area contributed by atoms with E-state index < -0.39 is 5.97 Å². The highest BCUT2D eigenvalue weighted by molar-refractivity contribution is 5.79. The smallest absolute Gasteiger partial charge is 0.326 e. The van der Waals surface area contributed by atoms with Crippen LogP contribution >= 0.6 is 0 Å². The summed E-state index contributed by atoms with van der Waals surface area (Å²) in [6, 6.07) is 0. The average molecular weight is 250 g/mol. The highest BCUT2D eigenvalue weighted by Crippen LogP contribution is 2.20. The number of hydrogen-bond donors (Lipinski definition) is 0. The van der Waals surface area contributed by atoms with Gasteiger partial charge >= 0.3 is 5.97 Å². The summed E-state index contributed by atoms with van der Waals surface area (Å²) in [5.74, 6) is 0.253. The number of hydrogen-bond acceptors (Lipinski definition) is 5. The number of fused-ring (bicyclic) bond motifs is 1. The molecule has 0 atom stereocenters. The standard InChI is InChI=1S/C12H14N2O4/c1-4-17-9(15)5-14-6-13-11(16)10-7(2)8(3)18-12(10)14/h6H,4-5H2,1-3H3. The van der Waals surface area contributed by atoms with E-state index in [1.807, 2.05) is 0 Å². The summed E-state index contributed by atoms with van der Waals surface area (Å²) in [5, 5.41) is 0.416. The van der Waals surface area contributed by atoms with Crippen LogP contribution in [-0.4, -0.2) is 22.1 Å². The Hall–Kier alpha value is -2.11. The average Bonchev–Trinajstić information content (AvgIpc) is 2.61. The summed E-state index contributed by atoms with van der Waals surface area (Å²) in [4.78, 5) is 26.9. The zero-order valence-corrected chi connectivity index (χ0v) is 10.5. The van der Waals surface area contributed by atoms with Crippen LogP contribution < -0.4 is 5.56 Å². The first-order valence-corrected chi connectivity index (χ1v) is 5.65. The first kappa shape index (κ1) is 12.3. The second-order valence-corrected chi connectivity index (χ2v) is 3.95. The zero-order valence-electron chi connectivity index (χ0n) is 10.5. The molecule has 0 amide bonds. The first-order valence-electron chi connectivity index (χ1n) is 5.65. The molecule has 0 bridgehead atoms. The molecule has 0 aromatic carbocycles. The van der Waals surface area contributed by atoms with Crippen molar-refractivity contribution in [2.45, 2.75) is 27.3 Å². The Bertz CT molecular complexity index is 654. The van der Waals surface area contributed by atoms with E-state index in [1.165, 1.54) is 10.9 Å². The molecule has 0 aliphatic heterocycles. The molecule has 2 aromatic heterocycles. The van der Waals surface area contributed by atoms with Gasteiger partial charge in [-0.15, -0.1) is 0 Å². The quantitative estimate of drug-likeness (QED) is 0.764. The van der Waals surface area contributed by atoms with Crippen LogP contribution in [-0.2, 0) is 16.1 Å². The Labute approximate surface area is 103 Å². The van der Waals surface area contributed by atoms with Gasteiger partial charge in [-0.25, -0.2) is 0 Å². The molecule has 0 unspecified atom stereocenters. The second-order valence-electron chi connectivity index (χ2n) is 3.95. The number of rotatable bonds is 3. The van der Waals surface area contributed by atoms with Crippen LogP contribution in [0.2, 0.25) is 0 Å². The van der Waals surface area contributed by atoms with E-state index in [0.717, 1.165) is 5.56 Å². The summed E-state index contributed by atoms with van der Waals surface area (Å²) in [6.45, 7) is 5.58. The van der Waals surface area contributed by atoms with Crippen molar-refractivity contribution < 1.29 is 13.9 Å². The lowest BCUT2D eigenvalue weighted by molar-refractivity contribution is -0.143. The minimum Gasteiger partial charge on any atom is -0.465 e. The van der Waals surface area contributed by atoms with Crippen molar-refractivity contribution in [2.75, 3.05) is 6.61 Å². The van der Waals surface area contributed by atoms with Gasteiger partial charge in [0.05, 0.1) is 6.61 Å². The van der Waals surface area contributed by atoms with Crippen LogP contribution in [0.3, 0.4) is 0 Å². The van der Waals surface area contributed by atoms with E-state index in [-0.39, 0.29) is 12.1 Å². The van der Waals surface area contributed by atoms with Crippen LogP contribution in [0.5, 0.6) is 0 Å². The fourth-order valence-corrected chi connectivity index (χ4v) is 1.76. The summed E-state index contributed by atoms with van der Waals surface area (Å²) >= 11 is 0. The van der Waals surface area contributed by atoms with Gasteiger partial charge in [0.1, 0.15) is 24.0 Å². The maximum atomic E-state index is 11.7. The third-order valence-corrected chi connectivity index (χ3v) is 2.76. The van der Waals surface area contributed by atoms with E-state index in [1.54, 1.807) is 20.8 Å². The van der Waals surface area contributed by atoms with E-state index >= 15 is 0 Å². The SMILES string of the molecule is CCOC(=O)Cn1cnc(=O)c2c(C)c(C)oc21. The molecule has 6 heteroatoms. The number of aryl methyl sites for hydroxylation is 2. The fraction of sp³-hybridized carbons (Fsp3) is 0.417. The van der Waals surface area contributed by atoms with Gasteiger partial charge < -0.3 is 9.15 Å². The third-order valence-electron chi connectivity index (χ3n) is 2.76. The molecule has 0 spiro atoms. The van der Waals surface area contributed by atoms with Crippen molar-refractivity contribution in [3.05, 3.63) is 28.0 Å². The topological polar surface area (TPSA) is 74.3 Å². The lowest BCUT2D eigenvalue weighted by atomic mass is 10.2. The molecule has 0 radical (unpaired) electrons. The molecular formula is C12H14N2O4. The molecule has 2 heterocycles. The van der Waals surface area contributed by atoms with Gasteiger partial charge in [0, 0.05) is 5.56 Å². The molecule has 0 aliphatic rings. The Balaban J connectivity index is 2.53. The molecule has 18 heavy (non-hydrogen) atoms. The van der Waals surface area contributed by atoms with Gasteiger partial charge in [0.2, 0.25) is 5.71 Å². The maximum Gasteiger partial charge on any atom is 0.326 e. The van der Waals surface area contributed by atoms with Crippen molar-refractivity contribution in [1.82, 2.24) is 9.55 Å². The van der Waals surface area contributed by atoms with E-state index in [0.29, 0.717) is 23.5 Å². The number of carbonyl (C=O) groups is 1. The normalized spacial score (nSPS) is 10.8. The molecule has 0 aliphatic carbocycles. The molecular weight excluding hydrogens is 236 g/mol. The molecule has 2 aromatic rings. The van der Waals surface area contributed by atoms with Crippen LogP contribution in [0, 0.1) is 13.8 Å². The Morgan fingerprint density at radius 2 is 2.22 bits per heavy atom. The van der Waals surface area contributed by atoms with Crippen molar-refractivity contribution in [3.63, 3.8) is 0 Å². The predicted octanol–water partition coefficient (Wildman–Crippen LogP) is 1.17. The van der Waals surface area contributed by atoms with Crippen molar-refractivity contribution in [1.29, 1.82) is 0 Å². The van der Waals surface area contributed by atoms with Crippen molar-refractivity contribution >= 4 is 17.1 Å². The third kappa shape index (κ3) is 2.01. The second kappa shape index (κ2) is 4.64. The molecule has 6 nitrogen and oxygen atoms in total. The molecule has 0 saturated carbocycles. The maximum absolute atomic E-state index is 11.7. The Morgan fingerprint density at radius 3 is 2.89 bits per heavy atom. The number of carbonyl (C=O) groups excluding carboxylic acids is 1. The molecule has 2 rings (SSSR count). The van der Waals surface area contributed by atoms with Crippen LogP contribution in [0.1, 0.15) is 18.2 Å². The van der Waals surface area contributed by atoms with Crippen LogP contribution in [0.15, 0.2) is 15.5 Å². The van der Waals surface area contributed by atoms with Gasteiger partial charge in [0.15, 0.2) is 0 Å². The largest absolute Gasteiger partial charge is 0.465 e.